The van der Waals surface area contributed by atoms with Crippen molar-refractivity contribution in [2.75, 3.05) is 4.90 Å². The van der Waals surface area contributed by atoms with Crippen LogP contribution in [0.1, 0.15) is 46.9 Å². The van der Waals surface area contributed by atoms with E-state index in [1.165, 1.54) is 23.5 Å². The molecule has 1 atom stereocenters. The van der Waals surface area contributed by atoms with E-state index in [0.717, 1.165) is 17.7 Å². The summed E-state index contributed by atoms with van der Waals surface area (Å²) < 4.78 is 20.6. The largest absolute Gasteiger partial charge is 0.516 e. The van der Waals surface area contributed by atoms with Crippen molar-refractivity contribution in [3.8, 4) is 29.4 Å². The van der Waals surface area contributed by atoms with Crippen LogP contribution in [-0.4, -0.2) is 78.4 Å². The molecule has 3 aromatic rings. The topological polar surface area (TPSA) is 25.4 Å². The standard InChI is InChI=1S/C27H20B8ClFN2OS/c1-4-25(28,29)39(21(10-15-5-6-15)16-7-8-18(20(37)11-16)26(30,31)32)24-38-23(14(3)41-24)17-9-13(2)22(12-19(17)36)40-27(33,34)35/h1,7-9,11-12,15,21H,5-6,10H2,2-3H3/t21-/m0/s1. The van der Waals surface area contributed by atoms with E-state index >= 15 is 4.39 Å². The maximum atomic E-state index is 15.2. The van der Waals surface area contributed by atoms with Crippen molar-refractivity contribution < 1.29 is 9.13 Å². The van der Waals surface area contributed by atoms with Gasteiger partial charge >= 0.3 is 0 Å². The average Bonchev–Trinajstić information content (AvgIpc) is 3.59. The fourth-order valence-corrected chi connectivity index (χ4v) is 5.93. The molecule has 1 heterocycles. The zero-order valence-corrected chi connectivity index (χ0v) is 24.4. The van der Waals surface area contributed by atoms with E-state index in [1.54, 1.807) is 30.0 Å². The van der Waals surface area contributed by atoms with Gasteiger partial charge in [-0.1, -0.05) is 42.5 Å². The second-order valence-corrected chi connectivity index (χ2v) is 12.3. The molecule has 4 rings (SSSR count). The lowest BCUT2D eigenvalue weighted by molar-refractivity contribution is 0.316. The molecule has 0 unspecified atom stereocenters. The minimum Gasteiger partial charge on any atom is -0.516 e. The summed E-state index contributed by atoms with van der Waals surface area (Å²) in [6, 6.07) is 7.30. The van der Waals surface area contributed by atoms with Crippen LogP contribution in [0.5, 0.6) is 5.75 Å². The first-order chi connectivity index (χ1) is 18.9. The summed E-state index contributed by atoms with van der Waals surface area (Å²) in [5.74, 6) is 2.51. The van der Waals surface area contributed by atoms with Gasteiger partial charge in [0.15, 0.2) is 5.13 Å². The lowest BCUT2D eigenvalue weighted by Gasteiger charge is -2.42. The number of aromatic nitrogens is 1. The lowest BCUT2D eigenvalue weighted by atomic mass is 9.40. The summed E-state index contributed by atoms with van der Waals surface area (Å²) in [6.07, 6.45) is 8.47. The predicted molar refractivity (Wildman–Crippen MR) is 174 cm³/mol. The molecule has 14 heteroatoms. The van der Waals surface area contributed by atoms with Crippen molar-refractivity contribution >= 4 is 90.8 Å². The highest BCUT2D eigenvalue weighted by atomic mass is 35.5. The van der Waals surface area contributed by atoms with Gasteiger partial charge in [-0.25, -0.2) is 9.37 Å². The Kier molecular flexibility index (Phi) is 9.00. The molecule has 1 aliphatic carbocycles. The van der Waals surface area contributed by atoms with Gasteiger partial charge in [0.2, 0.25) is 0 Å². The van der Waals surface area contributed by atoms with Gasteiger partial charge in [-0.05, 0) is 66.4 Å². The van der Waals surface area contributed by atoms with Crippen molar-refractivity contribution in [3.63, 3.8) is 0 Å². The maximum Gasteiger partial charge on any atom is 0.186 e. The van der Waals surface area contributed by atoms with Crippen LogP contribution in [0.4, 0.5) is 9.52 Å². The van der Waals surface area contributed by atoms with Crippen molar-refractivity contribution in [2.45, 2.75) is 54.9 Å². The highest BCUT2D eigenvalue weighted by Crippen LogP contribution is 2.46. The van der Waals surface area contributed by atoms with Crippen LogP contribution >= 0.6 is 22.9 Å². The smallest absolute Gasteiger partial charge is 0.186 e. The molecular weight excluding hydrogens is 541 g/mol. The predicted octanol–water partition coefficient (Wildman–Crippen LogP) is 3.30. The molecule has 2 aromatic carbocycles. The Balaban J connectivity index is 1.82. The molecule has 0 bridgehead atoms. The van der Waals surface area contributed by atoms with Gasteiger partial charge in [-0.15, -0.1) is 22.9 Å². The number of hydrogen-bond acceptors (Lipinski definition) is 4. The molecule has 1 saturated carbocycles. The summed E-state index contributed by atoms with van der Waals surface area (Å²) in [5, 5.41) is -4.75. The summed E-state index contributed by atoms with van der Waals surface area (Å²) >= 11 is 7.97. The number of aryl methyl sites for hydroxylation is 2. The van der Waals surface area contributed by atoms with Crippen LogP contribution in [0.15, 0.2) is 30.3 Å². The number of terminal acetylenes is 1. The van der Waals surface area contributed by atoms with E-state index in [1.807, 2.05) is 6.92 Å². The number of hydrogen-bond donors (Lipinski definition) is 0. The highest BCUT2D eigenvalue weighted by Gasteiger charge is 2.38. The normalized spacial score (nSPS) is 14.8. The third kappa shape index (κ3) is 7.31. The van der Waals surface area contributed by atoms with E-state index in [4.69, 9.17) is 90.5 Å². The molecule has 3 nitrogen and oxygen atoms in total. The van der Waals surface area contributed by atoms with Crippen LogP contribution in [-0.2, 0) is 5.11 Å². The van der Waals surface area contributed by atoms with Crippen molar-refractivity contribution in [1.82, 2.24) is 4.98 Å². The van der Waals surface area contributed by atoms with Crippen molar-refractivity contribution in [3.05, 3.63) is 62.7 Å². The molecule has 41 heavy (non-hydrogen) atoms. The van der Waals surface area contributed by atoms with E-state index < -0.39 is 27.6 Å². The average molecular weight is 561 g/mol. The molecule has 1 aromatic heterocycles. The van der Waals surface area contributed by atoms with E-state index in [-0.39, 0.29) is 5.56 Å². The monoisotopic (exact) mass is 562 g/mol. The van der Waals surface area contributed by atoms with Crippen molar-refractivity contribution in [2.24, 2.45) is 5.92 Å². The van der Waals surface area contributed by atoms with Crippen LogP contribution in [0.3, 0.4) is 0 Å². The van der Waals surface area contributed by atoms with E-state index in [9.17, 15) is 0 Å². The van der Waals surface area contributed by atoms with Crippen LogP contribution in [0.25, 0.3) is 11.3 Å². The summed E-state index contributed by atoms with van der Waals surface area (Å²) in [7, 11) is 47.0. The van der Waals surface area contributed by atoms with E-state index in [2.05, 4.69) is 5.92 Å². The number of nitrogens with zero attached hydrogens (tertiary/aromatic N) is 2. The summed E-state index contributed by atoms with van der Waals surface area (Å²) in [4.78, 5) is 7.34. The van der Waals surface area contributed by atoms with Crippen LogP contribution in [0.2, 0.25) is 5.02 Å². The molecule has 0 saturated heterocycles. The second-order valence-electron chi connectivity index (χ2n) is 10.7. The Hall–Kier alpha value is -2.03. The van der Waals surface area contributed by atoms with Crippen LogP contribution in [0, 0.1) is 37.9 Å². The first-order valence-electron chi connectivity index (χ1n) is 12.8. The number of anilines is 1. The molecule has 0 N–H and O–H groups in total. The lowest BCUT2D eigenvalue weighted by Crippen LogP contribution is -2.51. The minimum atomic E-state index is -1.88. The zero-order chi connectivity index (χ0) is 30.5. The fourth-order valence-electron chi connectivity index (χ4n) is 4.65. The Bertz CT molecular complexity index is 1490. The molecule has 188 valence electrons. The molecular formula is C27H20B8ClFN2OS. The SMILES string of the molecule is [B]C([B])([B])Oc1cc(Cl)c(-c2nc(N([C@@H](CC3CC3)c3ccc(C([B])([B])[B])c(F)c3)C([B])([B])C#C)sc2C)cc1C. The molecule has 1 aliphatic rings. The molecule has 0 aliphatic heterocycles. The van der Waals surface area contributed by atoms with Gasteiger partial charge in [-0.2, -0.15) is 0 Å². The van der Waals surface area contributed by atoms with E-state index in [0.29, 0.717) is 50.6 Å². The Morgan fingerprint density at radius 1 is 1.12 bits per heavy atom. The highest BCUT2D eigenvalue weighted by molar-refractivity contribution is 7.16. The Morgan fingerprint density at radius 2 is 1.78 bits per heavy atom. The molecule has 0 amide bonds. The van der Waals surface area contributed by atoms with Crippen LogP contribution < -0.4 is 9.64 Å². The van der Waals surface area contributed by atoms with Gasteiger partial charge in [-0.3, -0.25) is 0 Å². The number of halogens is 2. The fraction of sp³-hybridized carbons (Fsp3) is 0.370. The zero-order valence-electron chi connectivity index (χ0n) is 22.8. The van der Waals surface area contributed by atoms with Gasteiger partial charge in [0.25, 0.3) is 0 Å². The first kappa shape index (κ1) is 31.9. The summed E-state index contributed by atoms with van der Waals surface area (Å²) in [6.45, 7) is 3.68. The first-order valence-corrected chi connectivity index (χ1v) is 14.0. The van der Waals surface area contributed by atoms with Gasteiger partial charge in [0.1, 0.15) is 50.8 Å². The maximum absolute atomic E-state index is 15.2. The third-order valence-corrected chi connectivity index (χ3v) is 8.12. The van der Waals surface area contributed by atoms with Crippen molar-refractivity contribution in [1.29, 1.82) is 0 Å². The van der Waals surface area contributed by atoms with Gasteiger partial charge in [0, 0.05) is 15.8 Å². The Morgan fingerprint density at radius 3 is 2.32 bits per heavy atom. The molecule has 16 radical (unpaired) electrons. The number of thiazole rings is 1. The number of ether oxygens (including phenoxy) is 1. The molecule has 0 spiro atoms. The minimum absolute atomic E-state index is 0.0392. The molecule has 1 fully saturated rings. The summed E-state index contributed by atoms with van der Waals surface area (Å²) in [5.41, 5.74) is 2.40. The second kappa shape index (κ2) is 11.6. The van der Waals surface area contributed by atoms with Gasteiger partial charge in [0.05, 0.1) is 40.3 Å². The number of benzene rings is 2. The Labute approximate surface area is 261 Å². The van der Waals surface area contributed by atoms with Gasteiger partial charge < -0.3 is 9.64 Å². The number of rotatable bonds is 10. The third-order valence-electron chi connectivity index (χ3n) is 6.84. The quantitative estimate of drug-likeness (QED) is 0.281.